The highest BCUT2D eigenvalue weighted by Gasteiger charge is 2.23. The summed E-state index contributed by atoms with van der Waals surface area (Å²) in [4.78, 5) is 17.6. The van der Waals surface area contributed by atoms with E-state index < -0.39 is 0 Å². The topological polar surface area (TPSA) is 41.9 Å². The number of hydrogen-bond donors (Lipinski definition) is 0. The maximum absolute atomic E-state index is 5.11. The molecular formula is C63H46N4. The monoisotopic (exact) mass is 858 g/mol. The van der Waals surface area contributed by atoms with Gasteiger partial charge in [0.15, 0.2) is 17.5 Å². The van der Waals surface area contributed by atoms with Gasteiger partial charge in [0, 0.05) is 27.9 Å². The maximum atomic E-state index is 5.11. The Hall–Kier alpha value is -8.73. The van der Waals surface area contributed by atoms with Crippen LogP contribution in [0.5, 0.6) is 0 Å². The van der Waals surface area contributed by atoms with Gasteiger partial charge in [0.1, 0.15) is 0 Å². The summed E-state index contributed by atoms with van der Waals surface area (Å²) in [5.41, 5.74) is 17.5. The maximum Gasteiger partial charge on any atom is 0.164 e. The van der Waals surface area contributed by atoms with E-state index in [1.165, 1.54) is 11.1 Å². The smallest absolute Gasteiger partial charge is 0.164 e. The quantitative estimate of drug-likeness (QED) is 0.130. The van der Waals surface area contributed by atoms with Gasteiger partial charge in [-0.3, -0.25) is 0 Å². The van der Waals surface area contributed by atoms with Gasteiger partial charge in [-0.15, -0.1) is 0 Å². The number of allylic oxidation sites excluding steroid dienone is 4. The van der Waals surface area contributed by atoms with E-state index in [2.05, 4.69) is 242 Å². The molecule has 4 nitrogen and oxygen atoms in total. The molecule has 1 heterocycles. The van der Waals surface area contributed by atoms with Gasteiger partial charge in [0.2, 0.25) is 0 Å². The molecule has 0 atom stereocenters. The number of hydrogen-bond acceptors (Lipinski definition) is 4. The molecule has 1 aliphatic rings. The van der Waals surface area contributed by atoms with Crippen LogP contribution in [0.15, 0.2) is 255 Å². The predicted molar refractivity (Wildman–Crippen MR) is 279 cm³/mol. The average molecular weight is 859 g/mol. The van der Waals surface area contributed by atoms with E-state index in [9.17, 15) is 0 Å². The molecule has 0 fully saturated rings. The Bertz CT molecular complexity index is 3260. The van der Waals surface area contributed by atoms with Crippen LogP contribution in [0, 0.1) is 0 Å². The molecule has 4 heteroatoms. The van der Waals surface area contributed by atoms with Crippen molar-refractivity contribution in [1.29, 1.82) is 0 Å². The van der Waals surface area contributed by atoms with E-state index in [0.29, 0.717) is 11.6 Å². The molecule has 0 N–H and O–H groups in total. The Labute approximate surface area is 392 Å². The lowest BCUT2D eigenvalue weighted by Gasteiger charge is -2.31. The molecule has 0 amide bonds. The van der Waals surface area contributed by atoms with Gasteiger partial charge in [-0.2, -0.15) is 0 Å². The van der Waals surface area contributed by atoms with E-state index in [1.807, 2.05) is 18.2 Å². The summed E-state index contributed by atoms with van der Waals surface area (Å²) in [6, 6.07) is 84.2. The van der Waals surface area contributed by atoms with Crippen LogP contribution in [-0.4, -0.2) is 15.0 Å². The van der Waals surface area contributed by atoms with E-state index >= 15 is 0 Å². The standard InChI is InChI=1S/C63H46N4/c1-7-21-45(22-8-1)53-37-39-59(57(43-53)47-25-11-3-12-26-47)67(60-40-38-54(46-23-9-2-10-24-46)44-58(60)48-27-13-4-14-28-48)56-36-20-34-52(42-56)51-33-19-35-55(41-51)63-65-61(49-29-15-5-16-30-49)64-62(66-63)50-31-17-6-18-32-50/h1-17,19-31,33-44H,18,32H2. The molecule has 0 spiro atoms. The van der Waals surface area contributed by atoms with Crippen molar-refractivity contribution < 1.29 is 0 Å². The average Bonchev–Trinajstić information content (AvgIpc) is 3.42. The van der Waals surface area contributed by atoms with Crippen LogP contribution in [0.2, 0.25) is 0 Å². The lowest BCUT2D eigenvalue weighted by Crippen LogP contribution is -2.13. The van der Waals surface area contributed by atoms with Gasteiger partial charge >= 0.3 is 0 Å². The van der Waals surface area contributed by atoms with Crippen LogP contribution >= 0.6 is 0 Å². The van der Waals surface area contributed by atoms with Crippen molar-refractivity contribution in [2.75, 3.05) is 4.90 Å². The van der Waals surface area contributed by atoms with Crippen molar-refractivity contribution in [3.63, 3.8) is 0 Å². The summed E-state index contributed by atoms with van der Waals surface area (Å²) in [6.07, 6.45) is 8.26. The Morgan fingerprint density at radius 2 is 0.731 bits per heavy atom. The highest BCUT2D eigenvalue weighted by atomic mass is 15.1. The summed E-state index contributed by atoms with van der Waals surface area (Å²) in [6.45, 7) is 0. The van der Waals surface area contributed by atoms with E-state index in [1.54, 1.807) is 0 Å². The van der Waals surface area contributed by atoms with Crippen LogP contribution in [0.4, 0.5) is 17.1 Å². The van der Waals surface area contributed by atoms with Crippen LogP contribution in [0.3, 0.4) is 0 Å². The van der Waals surface area contributed by atoms with Gasteiger partial charge < -0.3 is 4.90 Å². The predicted octanol–water partition coefficient (Wildman–Crippen LogP) is 16.7. The largest absolute Gasteiger partial charge is 0.309 e. The van der Waals surface area contributed by atoms with Gasteiger partial charge in [-0.05, 0) is 105 Å². The van der Waals surface area contributed by atoms with Crippen LogP contribution in [0.1, 0.15) is 18.7 Å². The van der Waals surface area contributed by atoms with Crippen LogP contribution in [0.25, 0.3) is 84.0 Å². The summed E-state index contributed by atoms with van der Waals surface area (Å²) in [5.74, 6) is 2.03. The highest BCUT2D eigenvalue weighted by Crippen LogP contribution is 2.47. The minimum Gasteiger partial charge on any atom is -0.309 e. The minimum atomic E-state index is 0.649. The summed E-state index contributed by atoms with van der Waals surface area (Å²) >= 11 is 0. The van der Waals surface area contributed by atoms with Gasteiger partial charge in [-0.1, -0.05) is 212 Å². The van der Waals surface area contributed by atoms with E-state index in [0.717, 1.165) is 96.9 Å². The molecule has 10 aromatic rings. The van der Waals surface area contributed by atoms with Crippen molar-refractivity contribution >= 4 is 22.6 Å². The molecule has 9 aromatic carbocycles. The fraction of sp³-hybridized carbons (Fsp3) is 0.0317. The van der Waals surface area contributed by atoms with Gasteiger partial charge in [0.05, 0.1) is 11.4 Å². The molecule has 0 saturated carbocycles. The summed E-state index contributed by atoms with van der Waals surface area (Å²) in [7, 11) is 0. The zero-order chi connectivity index (χ0) is 44.8. The third kappa shape index (κ3) is 8.77. The molecule has 0 unspecified atom stereocenters. The lowest BCUT2D eigenvalue weighted by molar-refractivity contribution is 0.978. The van der Waals surface area contributed by atoms with Crippen LogP contribution < -0.4 is 4.90 Å². The molecule has 0 saturated heterocycles. The lowest BCUT2D eigenvalue weighted by atomic mass is 9.93. The van der Waals surface area contributed by atoms with E-state index in [4.69, 9.17) is 15.0 Å². The first-order valence-electron chi connectivity index (χ1n) is 22.9. The second-order valence-corrected chi connectivity index (χ2v) is 16.7. The number of nitrogens with zero attached hydrogens (tertiary/aromatic N) is 4. The number of benzene rings is 9. The number of aromatic nitrogens is 3. The second-order valence-electron chi connectivity index (χ2n) is 16.7. The third-order valence-electron chi connectivity index (χ3n) is 12.4. The first-order valence-corrected chi connectivity index (χ1v) is 22.9. The van der Waals surface area contributed by atoms with Crippen molar-refractivity contribution in [3.05, 3.63) is 261 Å². The minimum absolute atomic E-state index is 0.649. The number of anilines is 3. The molecule has 0 radical (unpaired) electrons. The first-order chi connectivity index (χ1) is 33.2. The van der Waals surface area contributed by atoms with E-state index in [-0.39, 0.29) is 0 Å². The van der Waals surface area contributed by atoms with Crippen molar-refractivity contribution in [3.8, 4) is 78.4 Å². The SMILES string of the molecule is C1=CCCC(c2nc(-c3ccccc3)nc(-c3cccc(-c4cccc(N(c5ccc(-c6ccccc6)cc5-c5ccccc5)c5ccc(-c6ccccc6)cc5-c5ccccc5)c4)c3)n2)=C1. The Balaban J connectivity index is 1.09. The molecule has 0 bridgehead atoms. The molecule has 1 aliphatic carbocycles. The van der Waals surface area contributed by atoms with Crippen LogP contribution in [-0.2, 0) is 0 Å². The Morgan fingerprint density at radius 1 is 0.313 bits per heavy atom. The fourth-order valence-electron chi connectivity index (χ4n) is 9.00. The highest BCUT2D eigenvalue weighted by molar-refractivity contribution is 5.96. The molecular weight excluding hydrogens is 813 g/mol. The Kier molecular flexibility index (Phi) is 11.5. The first kappa shape index (κ1) is 41.0. The third-order valence-corrected chi connectivity index (χ3v) is 12.4. The summed E-state index contributed by atoms with van der Waals surface area (Å²) < 4.78 is 0. The molecule has 67 heavy (non-hydrogen) atoms. The zero-order valence-electron chi connectivity index (χ0n) is 37.0. The number of rotatable bonds is 11. The zero-order valence-corrected chi connectivity index (χ0v) is 37.0. The van der Waals surface area contributed by atoms with Crippen molar-refractivity contribution in [2.45, 2.75) is 12.8 Å². The molecule has 1 aromatic heterocycles. The molecule has 318 valence electrons. The summed E-state index contributed by atoms with van der Waals surface area (Å²) in [5, 5.41) is 0. The van der Waals surface area contributed by atoms with Gasteiger partial charge in [0.25, 0.3) is 0 Å². The van der Waals surface area contributed by atoms with Gasteiger partial charge in [-0.25, -0.2) is 15.0 Å². The fourth-order valence-corrected chi connectivity index (χ4v) is 9.00. The van der Waals surface area contributed by atoms with Crippen molar-refractivity contribution in [1.82, 2.24) is 15.0 Å². The Morgan fingerprint density at radius 3 is 1.25 bits per heavy atom. The molecule has 11 rings (SSSR count). The molecule has 0 aliphatic heterocycles. The van der Waals surface area contributed by atoms with Crippen molar-refractivity contribution in [2.24, 2.45) is 0 Å². The second kappa shape index (κ2) is 18.8. The normalized spacial score (nSPS) is 12.1.